The number of rotatable bonds is 6. The van der Waals surface area contributed by atoms with E-state index in [-0.39, 0.29) is 29.3 Å². The van der Waals surface area contributed by atoms with Gasteiger partial charge in [0.15, 0.2) is 0 Å². The predicted molar refractivity (Wildman–Crippen MR) is 77.5 cm³/mol. The second kappa shape index (κ2) is 6.83. The van der Waals surface area contributed by atoms with Crippen molar-refractivity contribution in [2.45, 2.75) is 24.8 Å². The van der Waals surface area contributed by atoms with Crippen LogP contribution >= 0.6 is 0 Å². The van der Waals surface area contributed by atoms with Crippen molar-refractivity contribution < 1.29 is 13.2 Å². The number of carbonyl (C=O) groups excluding carboxylic acids is 1. The maximum absolute atomic E-state index is 11.7. The molecule has 4 N–H and O–H groups in total. The molecule has 0 aliphatic rings. The number of hydrogen-bond acceptors (Lipinski definition) is 4. The molecule has 7 heteroatoms. The van der Waals surface area contributed by atoms with E-state index in [1.54, 1.807) is 19.1 Å². The van der Waals surface area contributed by atoms with E-state index in [4.69, 9.17) is 5.73 Å². The van der Waals surface area contributed by atoms with Crippen LogP contribution < -0.4 is 15.8 Å². The van der Waals surface area contributed by atoms with Gasteiger partial charge in [-0.2, -0.15) is 0 Å². The highest BCUT2D eigenvalue weighted by atomic mass is 32.2. The molecule has 20 heavy (non-hydrogen) atoms. The first-order valence-electron chi connectivity index (χ1n) is 6.35. The number of nitrogens with one attached hydrogen (secondary N) is 2. The topological polar surface area (TPSA) is 101 Å². The van der Waals surface area contributed by atoms with Gasteiger partial charge in [0, 0.05) is 12.5 Å². The zero-order valence-corrected chi connectivity index (χ0v) is 12.7. The summed E-state index contributed by atoms with van der Waals surface area (Å²) < 4.78 is 25.4. The van der Waals surface area contributed by atoms with Crippen molar-refractivity contribution >= 4 is 15.9 Å². The third-order valence-corrected chi connectivity index (χ3v) is 4.55. The molecule has 0 fully saturated rings. The number of hydrogen-bond donors (Lipinski definition) is 3. The Balaban J connectivity index is 2.81. The van der Waals surface area contributed by atoms with Gasteiger partial charge >= 0.3 is 0 Å². The lowest BCUT2D eigenvalue weighted by atomic mass is 10.1. The monoisotopic (exact) mass is 299 g/mol. The van der Waals surface area contributed by atoms with Crippen molar-refractivity contribution in [3.8, 4) is 0 Å². The molecule has 2 unspecified atom stereocenters. The lowest BCUT2D eigenvalue weighted by Gasteiger charge is -2.17. The van der Waals surface area contributed by atoms with Gasteiger partial charge in [-0.15, -0.1) is 0 Å². The summed E-state index contributed by atoms with van der Waals surface area (Å²) in [6.45, 7) is 3.88. The minimum atomic E-state index is -3.43. The van der Waals surface area contributed by atoms with Crippen molar-refractivity contribution in [3.05, 3.63) is 29.8 Å². The summed E-state index contributed by atoms with van der Waals surface area (Å²) in [6, 6.07) is 6.18. The largest absolute Gasteiger partial charge is 0.349 e. The first-order valence-corrected chi connectivity index (χ1v) is 7.84. The Hall–Kier alpha value is -1.44. The molecule has 0 aromatic heterocycles. The first kappa shape index (κ1) is 16.6. The second-order valence-electron chi connectivity index (χ2n) is 4.64. The number of benzene rings is 1. The lowest BCUT2D eigenvalue weighted by molar-refractivity contribution is -0.124. The second-order valence-corrected chi connectivity index (χ2v) is 6.53. The quantitative estimate of drug-likeness (QED) is 0.706. The Morgan fingerprint density at radius 1 is 1.25 bits per heavy atom. The Morgan fingerprint density at radius 2 is 1.80 bits per heavy atom. The molecule has 1 rings (SSSR count). The van der Waals surface area contributed by atoms with Crippen LogP contribution in [0, 0.1) is 5.92 Å². The van der Waals surface area contributed by atoms with Crippen LogP contribution in [0.1, 0.15) is 25.5 Å². The summed E-state index contributed by atoms with van der Waals surface area (Å²) in [6.07, 6.45) is 0. The summed E-state index contributed by atoms with van der Waals surface area (Å²) in [5.74, 6) is -0.367. The first-order chi connectivity index (χ1) is 9.31. The van der Waals surface area contributed by atoms with Gasteiger partial charge in [-0.25, -0.2) is 13.1 Å². The minimum absolute atomic E-state index is 0.119. The van der Waals surface area contributed by atoms with Gasteiger partial charge in [0.2, 0.25) is 15.9 Å². The molecule has 0 spiro atoms. The smallest absolute Gasteiger partial charge is 0.240 e. The summed E-state index contributed by atoms with van der Waals surface area (Å²) in [5, 5.41) is 2.84. The zero-order chi connectivity index (χ0) is 15.3. The van der Waals surface area contributed by atoms with E-state index in [0.29, 0.717) is 0 Å². The molecule has 1 amide bonds. The minimum Gasteiger partial charge on any atom is -0.349 e. The van der Waals surface area contributed by atoms with Gasteiger partial charge in [0.25, 0.3) is 0 Å². The molecular weight excluding hydrogens is 278 g/mol. The molecule has 6 nitrogen and oxygen atoms in total. The maximum Gasteiger partial charge on any atom is 0.240 e. The van der Waals surface area contributed by atoms with Crippen molar-refractivity contribution in [3.63, 3.8) is 0 Å². The highest BCUT2D eigenvalue weighted by Gasteiger charge is 2.16. The Labute approximate surface area is 119 Å². The summed E-state index contributed by atoms with van der Waals surface area (Å²) >= 11 is 0. The molecule has 0 saturated carbocycles. The molecule has 1 aromatic rings. The van der Waals surface area contributed by atoms with Gasteiger partial charge in [-0.1, -0.05) is 19.1 Å². The lowest BCUT2D eigenvalue weighted by Crippen LogP contribution is -2.34. The molecule has 0 heterocycles. The predicted octanol–water partition coefficient (Wildman–Crippen LogP) is 0.367. The molecule has 112 valence electrons. The van der Waals surface area contributed by atoms with E-state index in [9.17, 15) is 13.2 Å². The van der Waals surface area contributed by atoms with Crippen LogP contribution in [0.4, 0.5) is 0 Å². The number of carbonyl (C=O) groups is 1. The van der Waals surface area contributed by atoms with Crippen LogP contribution in [0.25, 0.3) is 0 Å². The van der Waals surface area contributed by atoms with Gasteiger partial charge in [-0.3, -0.25) is 4.79 Å². The van der Waals surface area contributed by atoms with E-state index in [1.807, 2.05) is 6.92 Å². The van der Waals surface area contributed by atoms with Crippen molar-refractivity contribution in [2.24, 2.45) is 11.7 Å². The van der Waals surface area contributed by atoms with Crippen LogP contribution in [-0.2, 0) is 14.8 Å². The third kappa shape index (κ3) is 4.03. The van der Waals surface area contributed by atoms with E-state index in [2.05, 4.69) is 10.0 Å². The third-order valence-electron chi connectivity index (χ3n) is 3.12. The van der Waals surface area contributed by atoms with Crippen LogP contribution in [0.2, 0.25) is 0 Å². The summed E-state index contributed by atoms with van der Waals surface area (Å²) in [5.41, 5.74) is 6.27. The Kier molecular flexibility index (Phi) is 5.67. The average Bonchev–Trinajstić information content (AvgIpc) is 2.46. The number of nitrogens with two attached hydrogens (primary N) is 1. The number of sulfonamides is 1. The van der Waals surface area contributed by atoms with E-state index >= 15 is 0 Å². The van der Waals surface area contributed by atoms with Crippen LogP contribution in [0.5, 0.6) is 0 Å². The molecule has 2 atom stereocenters. The summed E-state index contributed by atoms with van der Waals surface area (Å²) in [7, 11) is -2.07. The fourth-order valence-electron chi connectivity index (χ4n) is 1.60. The Bertz CT molecular complexity index is 555. The zero-order valence-electron chi connectivity index (χ0n) is 11.9. The van der Waals surface area contributed by atoms with Crippen LogP contribution in [0.15, 0.2) is 29.2 Å². The Morgan fingerprint density at radius 3 is 2.25 bits per heavy atom. The van der Waals surface area contributed by atoms with Crippen LogP contribution in [-0.4, -0.2) is 27.9 Å². The van der Waals surface area contributed by atoms with E-state index in [0.717, 1.165) is 5.56 Å². The van der Waals surface area contributed by atoms with Crippen LogP contribution in [0.3, 0.4) is 0 Å². The summed E-state index contributed by atoms with van der Waals surface area (Å²) in [4.78, 5) is 11.9. The fraction of sp³-hybridized carbons (Fsp3) is 0.462. The molecule has 0 aliphatic heterocycles. The molecule has 1 aromatic carbocycles. The van der Waals surface area contributed by atoms with Crippen molar-refractivity contribution in [1.29, 1.82) is 0 Å². The van der Waals surface area contributed by atoms with Crippen molar-refractivity contribution in [2.75, 3.05) is 13.6 Å². The fourth-order valence-corrected chi connectivity index (χ4v) is 2.33. The maximum atomic E-state index is 11.7. The molecule has 0 bridgehead atoms. The van der Waals surface area contributed by atoms with Crippen molar-refractivity contribution in [1.82, 2.24) is 10.0 Å². The van der Waals surface area contributed by atoms with Gasteiger partial charge in [0.1, 0.15) is 0 Å². The molecule has 0 saturated heterocycles. The molecule has 0 radical (unpaired) electrons. The standard InChI is InChI=1S/C13H21N3O3S/c1-9(8-14)13(17)16-10(2)11-4-6-12(7-5-11)20(18,19)15-3/h4-7,9-10,15H,8,14H2,1-3H3,(H,16,17). The molecule has 0 aliphatic carbocycles. The molecular formula is C13H21N3O3S. The average molecular weight is 299 g/mol. The highest BCUT2D eigenvalue weighted by Crippen LogP contribution is 2.16. The SMILES string of the molecule is CNS(=O)(=O)c1ccc(C(C)NC(=O)C(C)CN)cc1. The van der Waals surface area contributed by atoms with E-state index in [1.165, 1.54) is 19.2 Å². The van der Waals surface area contributed by atoms with E-state index < -0.39 is 10.0 Å². The van der Waals surface area contributed by atoms with Gasteiger partial charge in [0.05, 0.1) is 10.9 Å². The van der Waals surface area contributed by atoms with Gasteiger partial charge < -0.3 is 11.1 Å². The highest BCUT2D eigenvalue weighted by molar-refractivity contribution is 7.89. The van der Waals surface area contributed by atoms with Gasteiger partial charge in [-0.05, 0) is 31.7 Å². The normalized spacial score (nSPS) is 14.6. The number of amides is 1.